The van der Waals surface area contributed by atoms with Crippen molar-refractivity contribution < 1.29 is 9.18 Å². The number of carbonyl (C=O) groups is 1. The van der Waals surface area contributed by atoms with E-state index in [9.17, 15) is 9.18 Å². The number of hydrogen-bond acceptors (Lipinski definition) is 4. The highest BCUT2D eigenvalue weighted by molar-refractivity contribution is 7.21. The summed E-state index contributed by atoms with van der Waals surface area (Å²) in [6, 6.07) is 17.7. The lowest BCUT2D eigenvalue weighted by atomic mass is 9.89. The molecule has 0 bridgehead atoms. The molecule has 0 unspecified atom stereocenters. The van der Waals surface area contributed by atoms with Crippen LogP contribution in [0.5, 0.6) is 0 Å². The van der Waals surface area contributed by atoms with Gasteiger partial charge in [0.1, 0.15) is 10.7 Å². The third kappa shape index (κ3) is 5.03. The van der Waals surface area contributed by atoms with Crippen LogP contribution in [0.15, 0.2) is 60.8 Å². The summed E-state index contributed by atoms with van der Waals surface area (Å²) in [6.07, 6.45) is 5.72. The van der Waals surface area contributed by atoms with Gasteiger partial charge in [-0.05, 0) is 75.0 Å². The molecule has 0 aliphatic heterocycles. The molecule has 0 spiro atoms. The van der Waals surface area contributed by atoms with Crippen LogP contribution in [0, 0.1) is 12.7 Å². The molecule has 2 aromatic carbocycles. The maximum absolute atomic E-state index is 14.5. The number of rotatable bonds is 6. The number of aromatic nitrogens is 1. The molecule has 1 aliphatic rings. The van der Waals surface area contributed by atoms with Crippen LogP contribution in [0.4, 0.5) is 4.39 Å². The van der Waals surface area contributed by atoms with Crippen molar-refractivity contribution in [1.29, 1.82) is 0 Å². The van der Waals surface area contributed by atoms with Crippen LogP contribution in [-0.4, -0.2) is 34.9 Å². The molecular formula is C29H29ClFN3OS. The SMILES string of the molecule is CN[C@H]1CC[C@H](N(Cc2cccc(-c3ccc(C)nc3)c2)C(=O)c2sc3cccc(F)c3c2Cl)CC1. The Kier molecular flexibility index (Phi) is 7.37. The van der Waals surface area contributed by atoms with Crippen LogP contribution in [0.3, 0.4) is 0 Å². The number of carbonyl (C=O) groups excluding carboxylic acids is 1. The minimum Gasteiger partial charge on any atom is -0.331 e. The van der Waals surface area contributed by atoms with Crippen molar-refractivity contribution in [2.24, 2.45) is 0 Å². The van der Waals surface area contributed by atoms with Gasteiger partial charge in [-0.3, -0.25) is 9.78 Å². The monoisotopic (exact) mass is 521 g/mol. The lowest BCUT2D eigenvalue weighted by molar-refractivity contribution is 0.0606. The number of nitrogens with one attached hydrogen (secondary N) is 1. The van der Waals surface area contributed by atoms with Gasteiger partial charge in [-0.25, -0.2) is 4.39 Å². The zero-order valence-corrected chi connectivity index (χ0v) is 22.0. The lowest BCUT2D eigenvalue weighted by Crippen LogP contribution is -2.44. The summed E-state index contributed by atoms with van der Waals surface area (Å²) in [5.74, 6) is -0.524. The zero-order valence-electron chi connectivity index (χ0n) is 20.4. The first-order valence-electron chi connectivity index (χ1n) is 12.3. The molecule has 4 aromatic rings. The average molecular weight is 522 g/mol. The summed E-state index contributed by atoms with van der Waals surface area (Å²) in [5, 5.41) is 3.91. The van der Waals surface area contributed by atoms with Crippen molar-refractivity contribution in [3.05, 3.63) is 87.8 Å². The van der Waals surface area contributed by atoms with Gasteiger partial charge in [-0.1, -0.05) is 41.9 Å². The second kappa shape index (κ2) is 10.7. The van der Waals surface area contributed by atoms with Crippen LogP contribution in [0.2, 0.25) is 5.02 Å². The van der Waals surface area contributed by atoms with Gasteiger partial charge in [0, 0.05) is 46.2 Å². The Balaban J connectivity index is 1.49. The molecule has 1 amide bonds. The molecular weight excluding hydrogens is 493 g/mol. The van der Waals surface area contributed by atoms with Crippen molar-refractivity contribution in [2.45, 2.75) is 51.2 Å². The highest BCUT2D eigenvalue weighted by Gasteiger charge is 2.32. The number of aryl methyl sites for hydroxylation is 1. The quantitative estimate of drug-likeness (QED) is 0.291. The minimum absolute atomic E-state index is 0.0953. The van der Waals surface area contributed by atoms with Crippen LogP contribution in [0.25, 0.3) is 21.2 Å². The molecule has 186 valence electrons. The van der Waals surface area contributed by atoms with E-state index in [4.69, 9.17) is 11.6 Å². The van der Waals surface area contributed by atoms with Crippen molar-refractivity contribution in [3.63, 3.8) is 0 Å². The normalized spacial score (nSPS) is 17.9. The number of benzene rings is 2. The Morgan fingerprint density at radius 1 is 1.11 bits per heavy atom. The van der Waals surface area contributed by atoms with Gasteiger partial charge in [0.25, 0.3) is 5.91 Å². The van der Waals surface area contributed by atoms with Gasteiger partial charge in [0.2, 0.25) is 0 Å². The van der Waals surface area contributed by atoms with Gasteiger partial charge < -0.3 is 10.2 Å². The van der Waals surface area contributed by atoms with E-state index in [1.807, 2.05) is 43.3 Å². The van der Waals surface area contributed by atoms with Crippen molar-refractivity contribution >= 4 is 38.9 Å². The highest BCUT2D eigenvalue weighted by atomic mass is 35.5. The summed E-state index contributed by atoms with van der Waals surface area (Å²) in [4.78, 5) is 20.8. The Labute approximate surface area is 220 Å². The molecule has 36 heavy (non-hydrogen) atoms. The number of hydrogen-bond donors (Lipinski definition) is 1. The van der Waals surface area contributed by atoms with Crippen LogP contribution in [0.1, 0.15) is 46.6 Å². The predicted molar refractivity (Wildman–Crippen MR) is 146 cm³/mol. The summed E-state index contributed by atoms with van der Waals surface area (Å²) in [6.45, 7) is 2.44. The standard InChI is InChI=1S/C29H29ClFN3OS/c1-18-9-10-21(16-33-18)20-6-3-5-19(15-20)17-34(23-13-11-22(32-2)12-14-23)29(35)28-27(30)26-24(31)7-4-8-25(26)36-28/h3-10,15-16,22-23,32H,11-14,17H2,1-2H3/t22-,23-. The highest BCUT2D eigenvalue weighted by Crippen LogP contribution is 2.39. The topological polar surface area (TPSA) is 45.2 Å². The fraction of sp³-hybridized carbons (Fsp3) is 0.310. The van der Waals surface area contributed by atoms with E-state index in [0.717, 1.165) is 48.1 Å². The van der Waals surface area contributed by atoms with Gasteiger partial charge in [-0.15, -0.1) is 11.3 Å². The van der Waals surface area contributed by atoms with Crippen molar-refractivity contribution in [1.82, 2.24) is 15.2 Å². The smallest absolute Gasteiger partial charge is 0.266 e. The molecule has 1 N–H and O–H groups in total. The molecule has 1 saturated carbocycles. The van der Waals surface area contributed by atoms with Crippen LogP contribution >= 0.6 is 22.9 Å². The van der Waals surface area contributed by atoms with Gasteiger partial charge in [0.05, 0.1) is 5.02 Å². The van der Waals surface area contributed by atoms with E-state index in [0.29, 0.717) is 27.5 Å². The summed E-state index contributed by atoms with van der Waals surface area (Å²) in [5.41, 5.74) is 4.12. The largest absolute Gasteiger partial charge is 0.331 e. The van der Waals surface area contributed by atoms with Crippen molar-refractivity contribution in [3.8, 4) is 11.1 Å². The van der Waals surface area contributed by atoms with Crippen molar-refractivity contribution in [2.75, 3.05) is 7.05 Å². The molecule has 5 rings (SSSR count). The first-order valence-corrected chi connectivity index (χ1v) is 13.5. The number of nitrogens with zero attached hydrogens (tertiary/aromatic N) is 2. The predicted octanol–water partition coefficient (Wildman–Crippen LogP) is 7.24. The van der Waals surface area contributed by atoms with Crippen LogP contribution < -0.4 is 5.32 Å². The first-order chi connectivity index (χ1) is 17.4. The average Bonchev–Trinajstić information content (AvgIpc) is 3.25. The molecule has 0 saturated heterocycles. The maximum Gasteiger partial charge on any atom is 0.266 e. The fourth-order valence-corrected chi connectivity index (χ4v) is 6.58. The third-order valence-electron chi connectivity index (χ3n) is 7.13. The zero-order chi connectivity index (χ0) is 25.2. The van der Waals surface area contributed by atoms with Gasteiger partial charge in [-0.2, -0.15) is 0 Å². The molecule has 1 aliphatic carbocycles. The second-order valence-corrected chi connectivity index (χ2v) is 10.9. The molecule has 7 heteroatoms. The Morgan fingerprint density at radius 3 is 2.58 bits per heavy atom. The molecule has 2 heterocycles. The van der Waals surface area contributed by atoms with Crippen LogP contribution in [-0.2, 0) is 6.54 Å². The van der Waals surface area contributed by atoms with E-state index in [-0.39, 0.29) is 17.0 Å². The van der Waals surface area contributed by atoms with E-state index in [2.05, 4.69) is 34.6 Å². The maximum atomic E-state index is 14.5. The van der Waals surface area contributed by atoms with E-state index in [1.165, 1.54) is 17.4 Å². The molecule has 2 aromatic heterocycles. The lowest BCUT2D eigenvalue weighted by Gasteiger charge is -2.37. The van der Waals surface area contributed by atoms with E-state index in [1.54, 1.807) is 6.07 Å². The Morgan fingerprint density at radius 2 is 1.89 bits per heavy atom. The van der Waals surface area contributed by atoms with Gasteiger partial charge >= 0.3 is 0 Å². The third-order valence-corrected chi connectivity index (χ3v) is 8.76. The molecule has 1 fully saturated rings. The van der Waals surface area contributed by atoms with E-state index < -0.39 is 5.82 Å². The molecule has 4 nitrogen and oxygen atoms in total. The molecule has 0 radical (unpaired) electrons. The number of halogens is 2. The Hall–Kier alpha value is -2.80. The summed E-state index contributed by atoms with van der Waals surface area (Å²) < 4.78 is 15.2. The summed E-state index contributed by atoms with van der Waals surface area (Å²) in [7, 11) is 1.99. The van der Waals surface area contributed by atoms with E-state index >= 15 is 0 Å². The summed E-state index contributed by atoms with van der Waals surface area (Å²) >= 11 is 7.88. The number of fused-ring (bicyclic) bond motifs is 1. The first kappa shape index (κ1) is 24.9. The number of thiophene rings is 1. The fourth-order valence-electron chi connectivity index (χ4n) is 5.07. The second-order valence-electron chi connectivity index (χ2n) is 9.47. The number of amides is 1. The minimum atomic E-state index is -0.395. The number of pyridine rings is 1. The molecule has 0 atom stereocenters. The Bertz CT molecular complexity index is 1380. The van der Waals surface area contributed by atoms with Gasteiger partial charge in [0.15, 0.2) is 0 Å².